The number of furan rings is 1. The van der Waals surface area contributed by atoms with Gasteiger partial charge in [-0.05, 0) is 40.9 Å². The van der Waals surface area contributed by atoms with Crippen LogP contribution >= 0.6 is 34.4 Å². The maximum atomic E-state index is 12.8. The van der Waals surface area contributed by atoms with Crippen LogP contribution in [0.4, 0.5) is 0 Å². The van der Waals surface area contributed by atoms with Crippen LogP contribution in [0.3, 0.4) is 0 Å². The van der Waals surface area contributed by atoms with Gasteiger partial charge in [0.25, 0.3) is 5.56 Å². The van der Waals surface area contributed by atoms with E-state index in [1.54, 1.807) is 28.3 Å². The summed E-state index contributed by atoms with van der Waals surface area (Å²) < 4.78 is 7.20. The highest BCUT2D eigenvalue weighted by Gasteiger charge is 2.20. The van der Waals surface area contributed by atoms with E-state index >= 15 is 0 Å². The van der Waals surface area contributed by atoms with Gasteiger partial charge in [0.1, 0.15) is 16.4 Å². The highest BCUT2D eigenvalue weighted by atomic mass is 32.2. The second-order valence-corrected chi connectivity index (χ2v) is 9.41. The van der Waals surface area contributed by atoms with Gasteiger partial charge < -0.3 is 9.40 Å². The number of thioether (sulfide) groups is 1. The molecule has 11 heteroatoms. The van der Waals surface area contributed by atoms with Gasteiger partial charge >= 0.3 is 0 Å². The Morgan fingerprint density at radius 3 is 3.03 bits per heavy atom. The van der Waals surface area contributed by atoms with E-state index in [-0.39, 0.29) is 10.8 Å². The monoisotopic (exact) mass is 442 g/mol. The number of nitrogens with one attached hydrogen (secondary N) is 1. The first-order chi connectivity index (χ1) is 14.2. The zero-order chi connectivity index (χ0) is 19.8. The lowest BCUT2D eigenvalue weighted by molar-refractivity contribution is 0.583. The summed E-state index contributed by atoms with van der Waals surface area (Å²) in [6.45, 7) is 2.58. The lowest BCUT2D eigenvalue weighted by Gasteiger charge is -2.10. The van der Waals surface area contributed by atoms with E-state index < -0.39 is 0 Å². The molecule has 5 aromatic rings. The van der Waals surface area contributed by atoms with Crippen molar-refractivity contribution in [2.75, 3.05) is 0 Å². The molecule has 5 aromatic heterocycles. The highest BCUT2D eigenvalue weighted by Crippen LogP contribution is 2.35. The Morgan fingerprint density at radius 2 is 2.24 bits per heavy atom. The number of aromatic amines is 1. The molecule has 0 saturated carbocycles. The number of H-pyrrole nitrogens is 1. The van der Waals surface area contributed by atoms with Gasteiger partial charge in [-0.1, -0.05) is 17.8 Å². The molecule has 1 N–H and O–H groups in total. The van der Waals surface area contributed by atoms with Crippen molar-refractivity contribution in [2.24, 2.45) is 0 Å². The molecule has 0 radical (unpaired) electrons. The minimum Gasteiger partial charge on any atom is -0.464 e. The van der Waals surface area contributed by atoms with Gasteiger partial charge in [0, 0.05) is 15.8 Å². The Hall–Kier alpha value is -2.76. The van der Waals surface area contributed by atoms with E-state index in [0.29, 0.717) is 33.5 Å². The third-order valence-corrected chi connectivity index (χ3v) is 7.11. The number of nitrogens with zero attached hydrogens (tertiary/aromatic N) is 5. The molecule has 0 aliphatic carbocycles. The van der Waals surface area contributed by atoms with Crippen molar-refractivity contribution in [3.63, 3.8) is 0 Å². The largest absolute Gasteiger partial charge is 0.464 e. The Labute approximate surface area is 176 Å². The van der Waals surface area contributed by atoms with Gasteiger partial charge in [-0.15, -0.1) is 27.8 Å². The highest BCUT2D eigenvalue weighted by molar-refractivity contribution is 7.99. The van der Waals surface area contributed by atoms with Crippen molar-refractivity contribution in [2.45, 2.75) is 23.9 Å². The third-order valence-electron chi connectivity index (χ3n) is 4.30. The molecule has 0 fully saturated rings. The molecule has 29 heavy (non-hydrogen) atoms. The SMILES string of the molecule is CC(Sc1nnnn1Cc1cccs1)c1nc2scc(-c3ccco3)c2c(=O)[nH]1. The van der Waals surface area contributed by atoms with Crippen molar-refractivity contribution < 1.29 is 4.42 Å². The molecule has 1 atom stereocenters. The van der Waals surface area contributed by atoms with Gasteiger partial charge in [-0.2, -0.15) is 0 Å². The summed E-state index contributed by atoms with van der Waals surface area (Å²) in [6, 6.07) is 7.68. The molecule has 0 aliphatic heterocycles. The Morgan fingerprint density at radius 1 is 1.31 bits per heavy atom. The van der Waals surface area contributed by atoms with Crippen LogP contribution in [0, 0.1) is 0 Å². The molecule has 0 aromatic carbocycles. The van der Waals surface area contributed by atoms with Crippen molar-refractivity contribution in [1.29, 1.82) is 0 Å². The maximum Gasteiger partial charge on any atom is 0.260 e. The molecule has 8 nitrogen and oxygen atoms in total. The summed E-state index contributed by atoms with van der Waals surface area (Å²) in [5.74, 6) is 1.25. The number of hydrogen-bond donors (Lipinski definition) is 1. The van der Waals surface area contributed by atoms with Gasteiger partial charge in [-0.25, -0.2) is 9.67 Å². The third kappa shape index (κ3) is 3.52. The van der Waals surface area contributed by atoms with Crippen LogP contribution in [-0.2, 0) is 6.54 Å². The Bertz CT molecular complexity index is 1300. The van der Waals surface area contributed by atoms with Crippen molar-refractivity contribution in [3.05, 3.63) is 62.3 Å². The minimum absolute atomic E-state index is 0.130. The molecule has 0 bridgehead atoms. The standard InChI is InChI=1S/C18H14N6O2S3/c1-10(29-18-21-22-23-24(18)8-11-4-3-7-27-11)15-19-16(25)14-12(9-28-17(14)20-15)13-5-2-6-26-13/h2-7,9-10H,8H2,1H3,(H,19,20,25). The predicted octanol–water partition coefficient (Wildman–Crippen LogP) is 4.19. The molecule has 1 unspecified atom stereocenters. The molecule has 0 spiro atoms. The van der Waals surface area contributed by atoms with Crippen LogP contribution in [0.5, 0.6) is 0 Å². The summed E-state index contributed by atoms with van der Waals surface area (Å²) in [5, 5.41) is 17.0. The average molecular weight is 443 g/mol. The predicted molar refractivity (Wildman–Crippen MR) is 113 cm³/mol. The lowest BCUT2D eigenvalue weighted by atomic mass is 10.2. The maximum absolute atomic E-state index is 12.8. The van der Waals surface area contributed by atoms with Gasteiger partial charge in [0.2, 0.25) is 5.16 Å². The molecule has 0 amide bonds. The van der Waals surface area contributed by atoms with Crippen LogP contribution in [0.25, 0.3) is 21.5 Å². The summed E-state index contributed by atoms with van der Waals surface area (Å²) in [4.78, 5) is 22.2. The summed E-state index contributed by atoms with van der Waals surface area (Å²) in [7, 11) is 0. The normalized spacial score (nSPS) is 12.6. The summed E-state index contributed by atoms with van der Waals surface area (Å²) >= 11 is 4.54. The van der Waals surface area contributed by atoms with E-state index in [4.69, 9.17) is 4.42 Å². The summed E-state index contributed by atoms with van der Waals surface area (Å²) in [6.07, 6.45) is 1.59. The average Bonchev–Trinajstić information content (AvgIpc) is 3.50. The van der Waals surface area contributed by atoms with Gasteiger partial charge in [0.15, 0.2) is 0 Å². The van der Waals surface area contributed by atoms with Crippen LogP contribution in [0.2, 0.25) is 0 Å². The second kappa shape index (κ2) is 7.58. The van der Waals surface area contributed by atoms with E-state index in [1.807, 2.05) is 35.9 Å². The Balaban J connectivity index is 1.43. The summed E-state index contributed by atoms with van der Waals surface area (Å²) in [5.41, 5.74) is 0.582. The van der Waals surface area contributed by atoms with E-state index in [0.717, 1.165) is 5.56 Å². The first-order valence-electron chi connectivity index (χ1n) is 8.69. The second-order valence-electron chi connectivity index (χ2n) is 6.22. The van der Waals surface area contributed by atoms with Crippen molar-refractivity contribution >= 4 is 44.7 Å². The fourth-order valence-electron chi connectivity index (χ4n) is 2.92. The zero-order valence-corrected chi connectivity index (χ0v) is 17.6. The molecular weight excluding hydrogens is 428 g/mol. The molecule has 0 saturated heterocycles. The number of fused-ring (bicyclic) bond motifs is 1. The molecule has 5 rings (SSSR count). The van der Waals surface area contributed by atoms with E-state index in [9.17, 15) is 4.79 Å². The molecule has 5 heterocycles. The van der Waals surface area contributed by atoms with Crippen molar-refractivity contribution in [1.82, 2.24) is 30.2 Å². The number of hydrogen-bond acceptors (Lipinski definition) is 9. The molecular formula is C18H14N6O2S3. The van der Waals surface area contributed by atoms with Gasteiger partial charge in [0.05, 0.1) is 23.4 Å². The topological polar surface area (TPSA) is 102 Å². The van der Waals surface area contributed by atoms with Crippen LogP contribution in [-0.4, -0.2) is 30.2 Å². The molecule has 146 valence electrons. The van der Waals surface area contributed by atoms with Gasteiger partial charge in [-0.3, -0.25) is 4.79 Å². The lowest BCUT2D eigenvalue weighted by Crippen LogP contribution is -2.12. The zero-order valence-electron chi connectivity index (χ0n) is 15.1. The first-order valence-corrected chi connectivity index (χ1v) is 11.3. The van der Waals surface area contributed by atoms with Crippen molar-refractivity contribution in [3.8, 4) is 11.3 Å². The number of thiophene rings is 2. The van der Waals surface area contributed by atoms with Crippen LogP contribution < -0.4 is 5.56 Å². The van der Waals surface area contributed by atoms with E-state index in [2.05, 4.69) is 25.5 Å². The minimum atomic E-state index is -0.178. The first kappa shape index (κ1) is 18.3. The number of aromatic nitrogens is 6. The van der Waals surface area contributed by atoms with Crippen LogP contribution in [0.1, 0.15) is 22.9 Å². The fourth-order valence-corrected chi connectivity index (χ4v) is 5.38. The smallest absolute Gasteiger partial charge is 0.260 e. The quantitative estimate of drug-likeness (QED) is 0.393. The fraction of sp³-hybridized carbons (Fsp3) is 0.167. The molecule has 0 aliphatic rings. The Kier molecular flexibility index (Phi) is 4.78. The number of tetrazole rings is 1. The van der Waals surface area contributed by atoms with Crippen LogP contribution in [0.15, 0.2) is 55.7 Å². The number of rotatable bonds is 6. The van der Waals surface area contributed by atoms with E-state index in [1.165, 1.54) is 28.0 Å².